The Bertz CT molecular complexity index is 945. The maximum absolute atomic E-state index is 10.6. The topological polar surface area (TPSA) is 47.9 Å². The number of aromatic hydroxyl groups is 1. The van der Waals surface area contributed by atoms with E-state index >= 15 is 0 Å². The normalized spacial score (nSPS) is 15.4. The third-order valence-corrected chi connectivity index (χ3v) is 6.89. The fraction of sp³-hybridized carbons (Fsp3) is 0.515. The van der Waals surface area contributed by atoms with Gasteiger partial charge in [0.2, 0.25) is 0 Å². The third-order valence-electron chi connectivity index (χ3n) is 6.89. The molecule has 2 aromatic carbocycles. The number of phenolic OH excluding ortho intramolecular Hbond substituents is 1. The van der Waals surface area contributed by atoms with Gasteiger partial charge in [-0.2, -0.15) is 0 Å². The molecule has 202 valence electrons. The molecule has 0 amide bonds. The van der Waals surface area contributed by atoms with Crippen molar-refractivity contribution in [2.75, 3.05) is 19.8 Å². The number of ether oxygens (including phenoxy) is 3. The van der Waals surface area contributed by atoms with Crippen LogP contribution in [0.25, 0.3) is 11.1 Å². The van der Waals surface area contributed by atoms with E-state index in [1.807, 2.05) is 30.4 Å². The van der Waals surface area contributed by atoms with Crippen LogP contribution in [0, 0.1) is 0 Å². The number of benzene rings is 2. The number of rotatable bonds is 18. The summed E-state index contributed by atoms with van der Waals surface area (Å²) < 4.78 is 17.6. The predicted molar refractivity (Wildman–Crippen MR) is 153 cm³/mol. The van der Waals surface area contributed by atoms with Crippen LogP contribution in [0.5, 0.6) is 11.5 Å². The quantitative estimate of drug-likeness (QED) is 0.162. The standard InChI is InChI=1S/C33H46O4/c1-3-15-27-18-20-31(34)29(25-27)30-26-28(16-4-2)19-21-32(30)35-22-12-9-7-5-6-8-10-13-23-36-33-17-11-14-24-37-33/h3-4,18-21,25-26,33-34H,1-2,5-17,22-24H2. The van der Waals surface area contributed by atoms with Gasteiger partial charge < -0.3 is 19.3 Å². The lowest BCUT2D eigenvalue weighted by Gasteiger charge is -2.22. The van der Waals surface area contributed by atoms with Gasteiger partial charge in [0, 0.05) is 24.3 Å². The highest BCUT2D eigenvalue weighted by molar-refractivity contribution is 5.76. The van der Waals surface area contributed by atoms with E-state index in [-0.39, 0.29) is 12.0 Å². The molecule has 0 aromatic heterocycles. The summed E-state index contributed by atoms with van der Waals surface area (Å²) in [6.45, 7) is 10.1. The molecule has 1 atom stereocenters. The average molecular weight is 507 g/mol. The molecule has 4 nitrogen and oxygen atoms in total. The molecule has 0 saturated carbocycles. The second-order valence-electron chi connectivity index (χ2n) is 10.0. The van der Waals surface area contributed by atoms with Crippen molar-refractivity contribution in [2.24, 2.45) is 0 Å². The molecular formula is C33H46O4. The highest BCUT2D eigenvalue weighted by atomic mass is 16.7. The zero-order valence-electron chi connectivity index (χ0n) is 22.6. The Balaban J connectivity index is 1.36. The van der Waals surface area contributed by atoms with Gasteiger partial charge in [0.15, 0.2) is 6.29 Å². The van der Waals surface area contributed by atoms with Crippen LogP contribution in [0.1, 0.15) is 81.8 Å². The van der Waals surface area contributed by atoms with Crippen LogP contribution in [0.3, 0.4) is 0 Å². The molecule has 1 aliphatic rings. The maximum Gasteiger partial charge on any atom is 0.157 e. The molecule has 0 spiro atoms. The van der Waals surface area contributed by atoms with Crippen molar-refractivity contribution in [3.8, 4) is 22.6 Å². The highest BCUT2D eigenvalue weighted by Gasteiger charge is 2.14. The molecule has 0 bridgehead atoms. The Morgan fingerprint density at radius 3 is 2.05 bits per heavy atom. The molecule has 2 aromatic rings. The van der Waals surface area contributed by atoms with Crippen molar-refractivity contribution >= 4 is 0 Å². The smallest absolute Gasteiger partial charge is 0.157 e. The molecular weight excluding hydrogens is 460 g/mol. The first-order valence-corrected chi connectivity index (χ1v) is 14.2. The molecule has 1 heterocycles. The van der Waals surface area contributed by atoms with Gasteiger partial charge in [0.25, 0.3) is 0 Å². The summed E-state index contributed by atoms with van der Waals surface area (Å²) in [5.74, 6) is 1.09. The molecule has 1 aliphatic heterocycles. The van der Waals surface area contributed by atoms with E-state index < -0.39 is 0 Å². The first-order chi connectivity index (χ1) is 18.2. The molecule has 1 saturated heterocycles. The minimum Gasteiger partial charge on any atom is -0.507 e. The van der Waals surface area contributed by atoms with Crippen LogP contribution in [-0.4, -0.2) is 31.2 Å². The first kappa shape index (κ1) is 29.0. The summed E-state index contributed by atoms with van der Waals surface area (Å²) in [5, 5.41) is 10.6. The van der Waals surface area contributed by atoms with E-state index in [9.17, 15) is 5.11 Å². The predicted octanol–water partition coefficient (Wildman–Crippen LogP) is 8.56. The summed E-state index contributed by atoms with van der Waals surface area (Å²) in [6.07, 6.45) is 18.5. The van der Waals surface area contributed by atoms with Crippen LogP contribution >= 0.6 is 0 Å². The number of phenols is 1. The Morgan fingerprint density at radius 2 is 1.41 bits per heavy atom. The summed E-state index contributed by atoms with van der Waals surface area (Å²) in [4.78, 5) is 0. The molecule has 4 heteroatoms. The van der Waals surface area contributed by atoms with Gasteiger partial charge in [0.1, 0.15) is 11.5 Å². The van der Waals surface area contributed by atoms with Crippen molar-refractivity contribution in [1.29, 1.82) is 0 Å². The summed E-state index contributed by atoms with van der Waals surface area (Å²) in [7, 11) is 0. The van der Waals surface area contributed by atoms with Crippen molar-refractivity contribution in [2.45, 2.75) is 89.8 Å². The minimum atomic E-state index is 0.0465. The van der Waals surface area contributed by atoms with Gasteiger partial charge >= 0.3 is 0 Å². The second kappa shape index (κ2) is 17.0. The van der Waals surface area contributed by atoms with Crippen LogP contribution < -0.4 is 4.74 Å². The van der Waals surface area contributed by atoms with Gasteiger partial charge in [-0.25, -0.2) is 0 Å². The van der Waals surface area contributed by atoms with E-state index in [4.69, 9.17) is 14.2 Å². The largest absolute Gasteiger partial charge is 0.507 e. The molecule has 1 unspecified atom stereocenters. The monoisotopic (exact) mass is 506 g/mol. The van der Waals surface area contributed by atoms with Gasteiger partial charge in [-0.1, -0.05) is 62.8 Å². The zero-order valence-corrected chi connectivity index (χ0v) is 22.6. The fourth-order valence-electron chi connectivity index (χ4n) is 4.80. The molecule has 0 aliphatic carbocycles. The second-order valence-corrected chi connectivity index (χ2v) is 10.0. The molecule has 0 radical (unpaired) electrons. The highest BCUT2D eigenvalue weighted by Crippen LogP contribution is 2.37. The van der Waals surface area contributed by atoms with Crippen LogP contribution in [-0.2, 0) is 22.3 Å². The number of hydrogen-bond donors (Lipinski definition) is 1. The van der Waals surface area contributed by atoms with E-state index in [1.54, 1.807) is 6.07 Å². The number of allylic oxidation sites excluding steroid dienone is 2. The Morgan fingerprint density at radius 1 is 0.784 bits per heavy atom. The van der Waals surface area contributed by atoms with Gasteiger partial charge in [-0.05, 0) is 80.3 Å². The minimum absolute atomic E-state index is 0.0465. The van der Waals surface area contributed by atoms with Gasteiger partial charge in [-0.15, -0.1) is 13.2 Å². The SMILES string of the molecule is C=CCc1ccc(O)c(-c2cc(CC=C)ccc2OCCCCCCCCCCOC2CCCCO2)c1. The zero-order chi connectivity index (χ0) is 26.1. The van der Waals surface area contributed by atoms with Crippen LogP contribution in [0.4, 0.5) is 0 Å². The van der Waals surface area contributed by atoms with E-state index in [0.717, 1.165) is 73.3 Å². The van der Waals surface area contributed by atoms with Crippen LogP contribution in [0.15, 0.2) is 61.7 Å². The lowest BCUT2D eigenvalue weighted by Crippen LogP contribution is -2.22. The average Bonchev–Trinajstić information content (AvgIpc) is 2.92. The molecule has 1 fully saturated rings. The van der Waals surface area contributed by atoms with Crippen molar-refractivity contribution in [3.63, 3.8) is 0 Å². The Hall–Kier alpha value is -2.56. The lowest BCUT2D eigenvalue weighted by molar-refractivity contribution is -0.162. The van der Waals surface area contributed by atoms with E-state index in [1.165, 1.54) is 51.4 Å². The fourth-order valence-corrected chi connectivity index (χ4v) is 4.80. The number of hydrogen-bond acceptors (Lipinski definition) is 4. The Labute approximate surface area is 224 Å². The summed E-state index contributed by atoms with van der Waals surface area (Å²) in [6, 6.07) is 11.9. The third kappa shape index (κ3) is 10.4. The van der Waals surface area contributed by atoms with E-state index in [2.05, 4.69) is 25.3 Å². The maximum atomic E-state index is 10.6. The van der Waals surface area contributed by atoms with Crippen molar-refractivity contribution < 1.29 is 19.3 Å². The summed E-state index contributed by atoms with van der Waals surface area (Å²) in [5.41, 5.74) is 4.01. The Kier molecular flexibility index (Phi) is 13.4. The first-order valence-electron chi connectivity index (χ1n) is 14.2. The van der Waals surface area contributed by atoms with Crippen molar-refractivity contribution in [3.05, 3.63) is 72.8 Å². The van der Waals surface area contributed by atoms with Crippen molar-refractivity contribution in [1.82, 2.24) is 0 Å². The molecule has 37 heavy (non-hydrogen) atoms. The lowest BCUT2D eigenvalue weighted by atomic mass is 9.97. The molecule has 1 N–H and O–H groups in total. The van der Waals surface area contributed by atoms with E-state index in [0.29, 0.717) is 6.61 Å². The summed E-state index contributed by atoms with van der Waals surface area (Å²) >= 11 is 0. The molecule has 3 rings (SSSR count). The van der Waals surface area contributed by atoms with Gasteiger partial charge in [0.05, 0.1) is 6.61 Å². The van der Waals surface area contributed by atoms with Crippen LogP contribution in [0.2, 0.25) is 0 Å². The van der Waals surface area contributed by atoms with Gasteiger partial charge in [-0.3, -0.25) is 0 Å². The number of unbranched alkanes of at least 4 members (excludes halogenated alkanes) is 7.